The summed E-state index contributed by atoms with van der Waals surface area (Å²) in [6.07, 6.45) is -1.55. The van der Waals surface area contributed by atoms with E-state index < -0.39 is 41.4 Å². The molecule has 33 heavy (non-hydrogen) atoms. The van der Waals surface area contributed by atoms with Crippen LogP contribution in [0.2, 0.25) is 0 Å². The van der Waals surface area contributed by atoms with E-state index in [1.54, 1.807) is 12.1 Å². The fourth-order valence-corrected chi connectivity index (χ4v) is 3.69. The van der Waals surface area contributed by atoms with Crippen molar-refractivity contribution in [3.63, 3.8) is 0 Å². The summed E-state index contributed by atoms with van der Waals surface area (Å²) in [6.45, 7) is 5.27. The molecule has 176 valence electrons. The first kappa shape index (κ1) is 22.9. The average Bonchev–Trinajstić information content (AvgIpc) is 3.35. The maximum Gasteiger partial charge on any atom is 0.280 e. The Balaban J connectivity index is 1.61. The Morgan fingerprint density at radius 1 is 1.36 bits per heavy atom. The highest BCUT2D eigenvalue weighted by Crippen LogP contribution is 2.30. The third-order valence-corrected chi connectivity index (χ3v) is 5.39. The number of benzene rings is 1. The highest BCUT2D eigenvalue weighted by molar-refractivity contribution is 5.94. The van der Waals surface area contributed by atoms with E-state index in [2.05, 4.69) is 20.3 Å². The molecule has 11 nitrogen and oxygen atoms in total. The van der Waals surface area contributed by atoms with Crippen LogP contribution >= 0.6 is 0 Å². The molecule has 3 aromatic rings. The number of nitrogens with zero attached hydrogens (tertiary/aromatic N) is 3. The minimum Gasteiger partial charge on any atom is -0.480 e. The highest BCUT2D eigenvalue weighted by Gasteiger charge is 2.36. The molecule has 0 saturated carbocycles. The lowest BCUT2D eigenvalue weighted by Gasteiger charge is -2.29. The van der Waals surface area contributed by atoms with Gasteiger partial charge in [-0.1, -0.05) is 39.0 Å². The number of hydrogen-bond acceptors (Lipinski definition) is 8. The molecule has 1 aliphatic rings. The molecule has 1 amide bonds. The van der Waals surface area contributed by atoms with Crippen LogP contribution < -0.4 is 15.6 Å². The summed E-state index contributed by atoms with van der Waals surface area (Å²) in [5, 5.41) is 22.0. The second-order valence-corrected chi connectivity index (χ2v) is 9.02. The van der Waals surface area contributed by atoms with Gasteiger partial charge in [0.1, 0.15) is 18.1 Å². The van der Waals surface area contributed by atoms with Gasteiger partial charge in [0.2, 0.25) is 5.95 Å². The summed E-state index contributed by atoms with van der Waals surface area (Å²) in [4.78, 5) is 36.6. The van der Waals surface area contributed by atoms with Crippen LogP contribution in [0.1, 0.15) is 33.4 Å². The second-order valence-electron chi connectivity index (χ2n) is 9.02. The van der Waals surface area contributed by atoms with Gasteiger partial charge in [-0.3, -0.25) is 24.5 Å². The molecule has 1 fully saturated rings. The van der Waals surface area contributed by atoms with Crippen LogP contribution in [0.15, 0.2) is 41.5 Å². The summed E-state index contributed by atoms with van der Waals surface area (Å²) in [5.41, 5.74) is -0.852. The van der Waals surface area contributed by atoms with Crippen molar-refractivity contribution in [1.82, 2.24) is 19.5 Å². The van der Waals surface area contributed by atoms with Gasteiger partial charge in [0, 0.05) is 11.8 Å². The molecule has 0 spiro atoms. The number of ether oxygens (including phenoxy) is 2. The van der Waals surface area contributed by atoms with E-state index in [-0.39, 0.29) is 30.1 Å². The van der Waals surface area contributed by atoms with E-state index in [1.807, 2.05) is 39.0 Å². The van der Waals surface area contributed by atoms with Gasteiger partial charge in [0.15, 0.2) is 17.3 Å². The van der Waals surface area contributed by atoms with Crippen LogP contribution in [-0.4, -0.2) is 60.6 Å². The van der Waals surface area contributed by atoms with Gasteiger partial charge in [-0.25, -0.2) is 4.98 Å². The van der Waals surface area contributed by atoms with Crippen LogP contribution in [0.25, 0.3) is 11.2 Å². The van der Waals surface area contributed by atoms with Crippen LogP contribution in [0, 0.1) is 5.41 Å². The summed E-state index contributed by atoms with van der Waals surface area (Å²) in [7, 11) is 0. The van der Waals surface area contributed by atoms with E-state index in [1.165, 1.54) is 10.9 Å². The number of imidazole rings is 1. The number of H-pyrrole nitrogens is 1. The molecule has 3 heterocycles. The lowest BCUT2D eigenvalue weighted by atomic mass is 9.88. The van der Waals surface area contributed by atoms with Gasteiger partial charge < -0.3 is 19.7 Å². The van der Waals surface area contributed by atoms with Crippen LogP contribution in [0.3, 0.4) is 0 Å². The van der Waals surface area contributed by atoms with Gasteiger partial charge in [-0.2, -0.15) is 4.98 Å². The number of carbonyl (C=O) groups excluding carboxylic acids is 1. The van der Waals surface area contributed by atoms with Gasteiger partial charge in [-0.05, 0) is 12.1 Å². The Morgan fingerprint density at radius 3 is 2.73 bits per heavy atom. The number of rotatable bonds is 6. The Labute approximate surface area is 189 Å². The zero-order chi connectivity index (χ0) is 23.8. The number of fused-ring (bicyclic) bond motifs is 1. The smallest absolute Gasteiger partial charge is 0.280 e. The van der Waals surface area contributed by atoms with Gasteiger partial charge in [0.25, 0.3) is 11.5 Å². The number of para-hydroxylation sites is 1. The Hall–Kier alpha value is -3.28. The van der Waals surface area contributed by atoms with E-state index >= 15 is 0 Å². The first-order valence-electron chi connectivity index (χ1n) is 10.6. The molecular formula is C22H27N5O6. The predicted molar refractivity (Wildman–Crippen MR) is 119 cm³/mol. The molecule has 1 saturated heterocycles. The molecular weight excluding hydrogens is 430 g/mol. The average molecular weight is 457 g/mol. The number of amides is 1. The molecule has 2 aromatic heterocycles. The zero-order valence-electron chi connectivity index (χ0n) is 18.6. The standard InChI is InChI=1S/C22H27N5O6/c1-22(2,3)17(32-12-7-5-4-6-8-12)20(31)26-21-24-18-16(19(30)25-21)23-11-27(18)15-9-13(29)14(10-28)33-15/h4-8,11,13-15,17,28-29H,9-10H2,1-3H3,(H2,24,25,26,30,31)/t13-,14+,15+,17?/m0/s1. The van der Waals surface area contributed by atoms with Gasteiger partial charge in [-0.15, -0.1) is 0 Å². The minimum absolute atomic E-state index is 0.0615. The summed E-state index contributed by atoms with van der Waals surface area (Å²) < 4.78 is 13.1. The van der Waals surface area contributed by atoms with Crippen LogP contribution in [0.4, 0.5) is 5.95 Å². The van der Waals surface area contributed by atoms with E-state index in [0.717, 1.165) is 0 Å². The van der Waals surface area contributed by atoms with Crippen molar-refractivity contribution in [2.45, 2.75) is 51.7 Å². The molecule has 1 aliphatic heterocycles. The quantitative estimate of drug-likeness (QED) is 0.431. The summed E-state index contributed by atoms with van der Waals surface area (Å²) in [5.74, 6) is -0.00634. The minimum atomic E-state index is -0.871. The third-order valence-electron chi connectivity index (χ3n) is 5.39. The molecule has 4 atom stereocenters. The van der Waals surface area contributed by atoms with Crippen molar-refractivity contribution in [3.8, 4) is 5.75 Å². The number of aromatic nitrogens is 4. The van der Waals surface area contributed by atoms with Crippen molar-refractivity contribution in [2.24, 2.45) is 5.41 Å². The molecule has 0 aliphatic carbocycles. The van der Waals surface area contributed by atoms with Gasteiger partial charge >= 0.3 is 0 Å². The first-order chi connectivity index (χ1) is 15.7. The maximum absolute atomic E-state index is 13.1. The first-order valence-corrected chi connectivity index (χ1v) is 10.6. The van der Waals surface area contributed by atoms with E-state index in [9.17, 15) is 19.8 Å². The highest BCUT2D eigenvalue weighted by atomic mass is 16.5. The number of hydrogen-bond donors (Lipinski definition) is 4. The number of anilines is 1. The normalized spacial score (nSPS) is 21.8. The Morgan fingerprint density at radius 2 is 2.09 bits per heavy atom. The number of aliphatic hydroxyl groups is 2. The number of aliphatic hydroxyl groups excluding tert-OH is 2. The Kier molecular flexibility index (Phi) is 6.19. The number of aromatic amines is 1. The fourth-order valence-electron chi connectivity index (χ4n) is 3.69. The van der Waals surface area contributed by atoms with Crippen molar-refractivity contribution < 1.29 is 24.5 Å². The molecule has 1 aromatic carbocycles. The van der Waals surface area contributed by atoms with Crippen molar-refractivity contribution in [3.05, 3.63) is 47.0 Å². The summed E-state index contributed by atoms with van der Waals surface area (Å²) >= 11 is 0. The fraction of sp³-hybridized carbons (Fsp3) is 0.455. The SMILES string of the molecule is CC(C)(C)C(Oc1ccccc1)C(=O)Nc1nc2c(ncn2[C@H]2C[C@H](O)[C@@H](CO)O2)c(=O)[nH]1. The topological polar surface area (TPSA) is 152 Å². The molecule has 11 heteroatoms. The van der Waals surface area contributed by atoms with Crippen LogP contribution in [-0.2, 0) is 9.53 Å². The molecule has 4 rings (SSSR count). The third kappa shape index (κ3) is 4.75. The Bertz CT molecular complexity index is 1190. The lowest BCUT2D eigenvalue weighted by molar-refractivity contribution is -0.127. The van der Waals surface area contributed by atoms with E-state index in [0.29, 0.717) is 5.75 Å². The summed E-state index contributed by atoms with van der Waals surface area (Å²) in [6, 6.07) is 8.98. The van der Waals surface area contributed by atoms with Crippen LogP contribution in [0.5, 0.6) is 5.75 Å². The van der Waals surface area contributed by atoms with Crippen molar-refractivity contribution in [1.29, 1.82) is 0 Å². The van der Waals surface area contributed by atoms with Crippen molar-refractivity contribution in [2.75, 3.05) is 11.9 Å². The molecule has 0 bridgehead atoms. The zero-order valence-corrected chi connectivity index (χ0v) is 18.6. The molecule has 0 radical (unpaired) electrons. The maximum atomic E-state index is 13.1. The second kappa shape index (κ2) is 8.93. The van der Waals surface area contributed by atoms with Gasteiger partial charge in [0.05, 0.1) is 19.0 Å². The van der Waals surface area contributed by atoms with E-state index in [4.69, 9.17) is 9.47 Å². The lowest BCUT2D eigenvalue weighted by Crippen LogP contribution is -2.43. The molecule has 4 N–H and O–H groups in total. The largest absolute Gasteiger partial charge is 0.480 e. The number of nitrogens with one attached hydrogen (secondary N) is 2. The monoisotopic (exact) mass is 457 g/mol. The molecule has 1 unspecified atom stereocenters. The predicted octanol–water partition coefficient (Wildman–Crippen LogP) is 1.19. The van der Waals surface area contributed by atoms with Crippen molar-refractivity contribution >= 4 is 23.0 Å². The number of carbonyl (C=O) groups is 1.